The maximum Gasteiger partial charge on any atom is 0.348 e. The molecule has 2 heterocycles. The number of esters is 2. The zero-order valence-electron chi connectivity index (χ0n) is 14.7. The topological polar surface area (TPSA) is 99.5 Å². The van der Waals surface area contributed by atoms with Crippen LogP contribution < -0.4 is 5.32 Å². The summed E-state index contributed by atoms with van der Waals surface area (Å²) >= 11 is 6.88. The normalized spacial score (nSPS) is 10.5. The Hall–Kier alpha value is -2.39. The summed E-state index contributed by atoms with van der Waals surface area (Å²) in [5, 5.41) is 7.40. The van der Waals surface area contributed by atoms with Crippen LogP contribution in [0.5, 0.6) is 0 Å². The summed E-state index contributed by atoms with van der Waals surface area (Å²) in [5.41, 5.74) is 1.13. The average molecular weight is 400 g/mol. The second-order valence-corrected chi connectivity index (χ2v) is 6.71. The lowest BCUT2D eigenvalue weighted by molar-refractivity contribution is -0.116. The Bertz CT molecular complexity index is 839. The molecule has 0 aromatic carbocycles. The molecule has 0 bridgehead atoms. The molecule has 2 aromatic rings. The number of thiophene rings is 1. The van der Waals surface area contributed by atoms with Gasteiger partial charge in [0, 0.05) is 6.20 Å². The molecule has 0 unspecified atom stereocenters. The first kappa shape index (κ1) is 19.9. The number of amides is 1. The van der Waals surface area contributed by atoms with Crippen LogP contribution in [0.3, 0.4) is 0 Å². The van der Waals surface area contributed by atoms with E-state index in [2.05, 4.69) is 10.4 Å². The van der Waals surface area contributed by atoms with E-state index in [-0.39, 0.29) is 28.6 Å². The molecule has 1 N–H and O–H groups in total. The summed E-state index contributed by atoms with van der Waals surface area (Å²) in [6, 6.07) is 0. The van der Waals surface area contributed by atoms with E-state index in [0.717, 1.165) is 11.3 Å². The maximum atomic E-state index is 12.3. The number of methoxy groups -OCH3 is 1. The van der Waals surface area contributed by atoms with Crippen LogP contribution in [0, 0.1) is 13.8 Å². The first-order chi connectivity index (χ1) is 12.3. The van der Waals surface area contributed by atoms with Crippen LogP contribution in [-0.4, -0.2) is 41.3 Å². The van der Waals surface area contributed by atoms with Crippen LogP contribution in [0.25, 0.3) is 0 Å². The first-order valence-corrected chi connectivity index (χ1v) is 8.86. The van der Waals surface area contributed by atoms with Gasteiger partial charge in [0.15, 0.2) is 0 Å². The number of carbonyl (C=O) groups is 3. The minimum atomic E-state index is -0.650. The number of ether oxygens (including phenoxy) is 2. The summed E-state index contributed by atoms with van der Waals surface area (Å²) in [4.78, 5) is 36.7. The Morgan fingerprint density at radius 1 is 1.31 bits per heavy atom. The van der Waals surface area contributed by atoms with Crippen molar-refractivity contribution < 1.29 is 23.9 Å². The molecule has 140 valence electrons. The van der Waals surface area contributed by atoms with E-state index < -0.39 is 17.8 Å². The van der Waals surface area contributed by atoms with Crippen molar-refractivity contribution in [3.8, 4) is 0 Å². The van der Waals surface area contributed by atoms with Crippen molar-refractivity contribution in [1.29, 1.82) is 0 Å². The van der Waals surface area contributed by atoms with Gasteiger partial charge in [-0.3, -0.25) is 9.48 Å². The summed E-state index contributed by atoms with van der Waals surface area (Å²) in [6.45, 7) is 5.11. The number of nitrogens with one attached hydrogen (secondary N) is 1. The van der Waals surface area contributed by atoms with E-state index in [9.17, 15) is 14.4 Å². The van der Waals surface area contributed by atoms with Gasteiger partial charge in [-0.15, -0.1) is 11.3 Å². The second-order valence-electron chi connectivity index (χ2n) is 5.28. The number of halogens is 1. The highest BCUT2D eigenvalue weighted by Gasteiger charge is 2.27. The highest BCUT2D eigenvalue weighted by atomic mass is 35.5. The number of carbonyl (C=O) groups excluding carboxylic acids is 3. The van der Waals surface area contributed by atoms with Gasteiger partial charge >= 0.3 is 11.9 Å². The van der Waals surface area contributed by atoms with E-state index in [4.69, 9.17) is 21.1 Å². The van der Waals surface area contributed by atoms with Gasteiger partial charge in [-0.05, 0) is 26.3 Å². The smallest absolute Gasteiger partial charge is 0.348 e. The molecule has 0 saturated carbocycles. The predicted octanol–water partition coefficient (Wildman–Crippen LogP) is 2.82. The van der Waals surface area contributed by atoms with Crippen LogP contribution in [-0.2, 0) is 20.8 Å². The van der Waals surface area contributed by atoms with Gasteiger partial charge in [-0.2, -0.15) is 5.10 Å². The number of aromatic nitrogens is 2. The molecule has 0 aliphatic rings. The maximum absolute atomic E-state index is 12.3. The van der Waals surface area contributed by atoms with E-state index in [0.29, 0.717) is 16.3 Å². The fourth-order valence-electron chi connectivity index (χ4n) is 2.23. The molecular formula is C16H18ClN3O5S. The number of anilines is 1. The van der Waals surface area contributed by atoms with Crippen molar-refractivity contribution in [2.24, 2.45) is 0 Å². The number of hydrogen-bond acceptors (Lipinski definition) is 7. The first-order valence-electron chi connectivity index (χ1n) is 7.66. The fraction of sp³-hybridized carbons (Fsp3) is 0.375. The highest BCUT2D eigenvalue weighted by molar-refractivity contribution is 7.18. The Labute approximate surface area is 159 Å². The third-order valence-electron chi connectivity index (χ3n) is 3.44. The van der Waals surface area contributed by atoms with Crippen LogP contribution in [0.15, 0.2) is 6.20 Å². The van der Waals surface area contributed by atoms with Crippen LogP contribution in [0.2, 0.25) is 5.02 Å². The van der Waals surface area contributed by atoms with E-state index in [1.807, 2.05) is 0 Å². The Balaban J connectivity index is 2.28. The van der Waals surface area contributed by atoms with Gasteiger partial charge in [0.05, 0.1) is 30.0 Å². The van der Waals surface area contributed by atoms with Crippen molar-refractivity contribution >= 4 is 45.8 Å². The number of hydrogen-bond donors (Lipinski definition) is 1. The largest absolute Gasteiger partial charge is 0.465 e. The lowest BCUT2D eigenvalue weighted by Crippen LogP contribution is -2.20. The van der Waals surface area contributed by atoms with Crippen molar-refractivity contribution in [3.05, 3.63) is 32.9 Å². The fourth-order valence-corrected chi connectivity index (χ4v) is 3.48. The van der Waals surface area contributed by atoms with Crippen molar-refractivity contribution in [3.63, 3.8) is 0 Å². The number of aryl methyl sites for hydroxylation is 1. The average Bonchev–Trinajstić information content (AvgIpc) is 3.06. The SMILES string of the molecule is CCOC(=O)c1sc(NC(=O)Cn2cc(Cl)c(C)n2)c(C(=O)OC)c1C. The standard InChI is InChI=1S/C16H18ClN3O5S/c1-5-25-16(23)13-8(2)12(15(22)24-4)14(26-13)18-11(21)7-20-6-10(17)9(3)19-20/h6H,5,7H2,1-4H3,(H,18,21). The molecule has 0 saturated heterocycles. The van der Waals surface area contributed by atoms with Gasteiger partial charge in [0.25, 0.3) is 0 Å². The van der Waals surface area contributed by atoms with Gasteiger partial charge in [-0.1, -0.05) is 11.6 Å². The quantitative estimate of drug-likeness (QED) is 0.750. The molecule has 1 amide bonds. The molecule has 0 radical (unpaired) electrons. The molecule has 10 heteroatoms. The molecule has 8 nitrogen and oxygen atoms in total. The van der Waals surface area contributed by atoms with E-state index in [1.165, 1.54) is 18.0 Å². The summed E-state index contributed by atoms with van der Waals surface area (Å²) in [6.07, 6.45) is 1.53. The molecule has 2 aromatic heterocycles. The van der Waals surface area contributed by atoms with Crippen LogP contribution in [0.1, 0.15) is 38.2 Å². The Kier molecular flexibility index (Phi) is 6.38. The van der Waals surface area contributed by atoms with Gasteiger partial charge < -0.3 is 14.8 Å². The van der Waals surface area contributed by atoms with Crippen LogP contribution in [0.4, 0.5) is 5.00 Å². The molecule has 0 spiro atoms. The van der Waals surface area contributed by atoms with Gasteiger partial charge in [-0.25, -0.2) is 9.59 Å². The number of rotatable bonds is 6. The molecule has 0 atom stereocenters. The summed E-state index contributed by atoms with van der Waals surface area (Å²) in [5.74, 6) is -1.64. The lowest BCUT2D eigenvalue weighted by Gasteiger charge is -2.06. The Morgan fingerprint density at radius 3 is 2.54 bits per heavy atom. The van der Waals surface area contributed by atoms with Crippen molar-refractivity contribution in [2.75, 3.05) is 19.0 Å². The third kappa shape index (κ3) is 4.23. The Morgan fingerprint density at radius 2 is 2.00 bits per heavy atom. The summed E-state index contributed by atoms with van der Waals surface area (Å²) < 4.78 is 11.1. The number of nitrogens with zero attached hydrogens (tertiary/aromatic N) is 2. The second kappa shape index (κ2) is 8.33. The molecular weight excluding hydrogens is 382 g/mol. The minimum absolute atomic E-state index is 0.0974. The predicted molar refractivity (Wildman–Crippen MR) is 97.0 cm³/mol. The van der Waals surface area contributed by atoms with Gasteiger partial charge in [0.2, 0.25) is 5.91 Å². The van der Waals surface area contributed by atoms with Crippen molar-refractivity contribution in [1.82, 2.24) is 9.78 Å². The molecule has 0 aliphatic carbocycles. The molecule has 2 rings (SSSR count). The van der Waals surface area contributed by atoms with Crippen LogP contribution >= 0.6 is 22.9 Å². The monoisotopic (exact) mass is 399 g/mol. The molecule has 0 fully saturated rings. The third-order valence-corrected chi connectivity index (χ3v) is 5.00. The minimum Gasteiger partial charge on any atom is -0.465 e. The molecule has 26 heavy (non-hydrogen) atoms. The van der Waals surface area contributed by atoms with Crippen molar-refractivity contribution in [2.45, 2.75) is 27.3 Å². The molecule has 0 aliphatic heterocycles. The zero-order valence-corrected chi connectivity index (χ0v) is 16.3. The lowest BCUT2D eigenvalue weighted by atomic mass is 10.1. The van der Waals surface area contributed by atoms with E-state index in [1.54, 1.807) is 20.8 Å². The highest BCUT2D eigenvalue weighted by Crippen LogP contribution is 2.34. The van der Waals surface area contributed by atoms with Gasteiger partial charge in [0.1, 0.15) is 16.4 Å². The van der Waals surface area contributed by atoms with E-state index >= 15 is 0 Å². The zero-order chi connectivity index (χ0) is 19.4. The summed E-state index contributed by atoms with van der Waals surface area (Å²) in [7, 11) is 1.23.